The Morgan fingerprint density at radius 1 is 0.567 bits per heavy atom. The minimum atomic E-state index is -1.28. The number of carboxylic acid groups (broad SMARTS) is 1. The third-order valence-corrected chi connectivity index (χ3v) is 11.1. The summed E-state index contributed by atoms with van der Waals surface area (Å²) in [5, 5.41) is 14.5. The van der Waals surface area contributed by atoms with E-state index in [1.807, 2.05) is 84.9 Å². The summed E-state index contributed by atoms with van der Waals surface area (Å²) in [5.41, 5.74) is 7.42. The van der Waals surface area contributed by atoms with Gasteiger partial charge in [0.15, 0.2) is 0 Å². The summed E-state index contributed by atoms with van der Waals surface area (Å²) in [7, 11) is 0. The molecule has 0 aliphatic heterocycles. The molecule has 3 N–H and O–H groups in total. The minimum absolute atomic E-state index is 0.0130. The van der Waals surface area contributed by atoms with Crippen molar-refractivity contribution in [2.45, 2.75) is 103 Å². The van der Waals surface area contributed by atoms with Crippen molar-refractivity contribution in [2.75, 3.05) is 19.8 Å². The van der Waals surface area contributed by atoms with Crippen LogP contribution >= 0.6 is 0 Å². The zero-order chi connectivity index (χ0) is 49.1. The topological polar surface area (TPSA) is 193 Å². The lowest BCUT2D eigenvalue weighted by molar-refractivity contribution is -0.158. The predicted octanol–water partition coefficient (Wildman–Crippen LogP) is 9.34. The maximum absolute atomic E-state index is 12.8. The molecule has 0 aromatic heterocycles. The minimum Gasteiger partial charge on any atom is -0.480 e. The van der Waals surface area contributed by atoms with Gasteiger partial charge in [0, 0.05) is 11.8 Å². The van der Waals surface area contributed by atoms with Gasteiger partial charge in [0.1, 0.15) is 43.1 Å². The van der Waals surface area contributed by atoms with E-state index in [2.05, 4.69) is 29.3 Å². The van der Waals surface area contributed by atoms with Crippen molar-refractivity contribution in [1.29, 1.82) is 0 Å². The number of hydrogen-bond donors (Lipinski definition) is 3. The predicted molar refractivity (Wildman–Crippen MR) is 252 cm³/mol. The lowest BCUT2D eigenvalue weighted by Gasteiger charge is -2.25. The van der Waals surface area contributed by atoms with Crippen molar-refractivity contribution in [3.63, 3.8) is 0 Å². The second kappa shape index (κ2) is 22.5. The fraction of sp³-hybridized carbons (Fsp3) is 0.396. The Morgan fingerprint density at radius 2 is 0.896 bits per heavy atom. The number of aliphatic carboxylic acids is 1. The van der Waals surface area contributed by atoms with Gasteiger partial charge in [-0.3, -0.25) is 9.59 Å². The molecule has 2 amide bonds. The fourth-order valence-electron chi connectivity index (χ4n) is 8.17. The molecule has 14 heteroatoms. The van der Waals surface area contributed by atoms with Gasteiger partial charge in [0.05, 0.1) is 12.8 Å². The van der Waals surface area contributed by atoms with Crippen molar-refractivity contribution in [3.05, 3.63) is 132 Å². The van der Waals surface area contributed by atoms with Gasteiger partial charge < -0.3 is 39.4 Å². The molecule has 4 aromatic carbocycles. The first-order valence-corrected chi connectivity index (χ1v) is 22.3. The van der Waals surface area contributed by atoms with Gasteiger partial charge in [-0.25, -0.2) is 19.2 Å². The van der Waals surface area contributed by atoms with E-state index in [1.165, 1.54) is 6.08 Å². The van der Waals surface area contributed by atoms with Crippen LogP contribution in [0, 0.1) is 11.8 Å². The number of esters is 3. The van der Waals surface area contributed by atoms with Crippen LogP contribution in [0.4, 0.5) is 9.59 Å². The first-order valence-electron chi connectivity index (χ1n) is 22.3. The molecule has 6 rings (SSSR count). The van der Waals surface area contributed by atoms with E-state index >= 15 is 0 Å². The third kappa shape index (κ3) is 14.0. The smallest absolute Gasteiger partial charge is 0.407 e. The summed E-state index contributed by atoms with van der Waals surface area (Å²) in [4.78, 5) is 73.9. The lowest BCUT2D eigenvalue weighted by Crippen LogP contribution is -2.47. The van der Waals surface area contributed by atoms with Crippen LogP contribution in [0.15, 0.2) is 110 Å². The third-order valence-electron chi connectivity index (χ3n) is 11.1. The molecule has 2 aliphatic carbocycles. The molecular formula is C53H62N2O12. The van der Waals surface area contributed by atoms with Crippen molar-refractivity contribution in [2.24, 2.45) is 11.8 Å². The summed E-state index contributed by atoms with van der Waals surface area (Å²) < 4.78 is 26.7. The zero-order valence-electron chi connectivity index (χ0n) is 39.5. The number of amides is 2. The molecule has 4 atom stereocenters. The van der Waals surface area contributed by atoms with Gasteiger partial charge in [-0.15, -0.1) is 0 Å². The number of carbonyl (C=O) groups is 6. The monoisotopic (exact) mass is 918 g/mol. The second-order valence-electron chi connectivity index (χ2n) is 18.7. The number of carboxylic acids is 1. The van der Waals surface area contributed by atoms with E-state index in [0.717, 1.165) is 44.5 Å². The van der Waals surface area contributed by atoms with Gasteiger partial charge >= 0.3 is 36.1 Å². The highest BCUT2D eigenvalue weighted by Gasteiger charge is 2.35. The molecule has 4 aromatic rings. The Labute approximate surface area is 392 Å². The highest BCUT2D eigenvalue weighted by molar-refractivity contribution is 5.84. The summed E-state index contributed by atoms with van der Waals surface area (Å²) in [6.45, 7) is 17.5. The van der Waals surface area contributed by atoms with Crippen molar-refractivity contribution < 1.29 is 57.6 Å². The molecule has 0 heterocycles. The summed E-state index contributed by atoms with van der Waals surface area (Å²) in [6.07, 6.45) is -0.383. The van der Waals surface area contributed by atoms with E-state index in [1.54, 1.807) is 55.4 Å². The standard InChI is InChI=1S/C28H33NO6.C25H29NO6/c1-6-15-33-26(31)25(18(2)16-24(30)35-28(3,4)5)29-27(32)34-17-23-21-13-9-7-11-19(21)20-12-8-10-14-22(20)23;1-15(13-21(27)32-25(2,3)4)22(23(28)29)26-24(30)31-14-20-18-11-7-5-9-16(18)17-10-6-8-12-19(17)20/h6-14,18,23,25H,1,15-17H2,2-5H3,(H,29,32);5-12,15,20,22H,13-14H2,1-4H3,(H,26,30)(H,28,29)/t18-,25?;15-,22?/m11/s1. The molecule has 0 saturated carbocycles. The quantitative estimate of drug-likeness (QED) is 0.0549. The van der Waals surface area contributed by atoms with Crippen LogP contribution in [-0.2, 0) is 42.9 Å². The summed E-state index contributed by atoms with van der Waals surface area (Å²) >= 11 is 0. The molecule has 0 saturated heterocycles. The van der Waals surface area contributed by atoms with Crippen LogP contribution in [0.2, 0.25) is 0 Å². The van der Waals surface area contributed by atoms with Crippen LogP contribution in [0.25, 0.3) is 22.3 Å². The Balaban J connectivity index is 0.000000252. The van der Waals surface area contributed by atoms with E-state index in [9.17, 15) is 33.9 Å². The Morgan fingerprint density at radius 3 is 1.22 bits per heavy atom. The maximum atomic E-state index is 12.8. The van der Waals surface area contributed by atoms with Gasteiger partial charge in [0.25, 0.3) is 0 Å². The number of alkyl carbamates (subject to hydrolysis) is 2. The van der Waals surface area contributed by atoms with Crippen molar-refractivity contribution in [3.8, 4) is 22.3 Å². The van der Waals surface area contributed by atoms with Gasteiger partial charge in [0.2, 0.25) is 0 Å². The van der Waals surface area contributed by atoms with E-state index in [4.69, 9.17) is 23.7 Å². The number of hydrogen-bond acceptors (Lipinski definition) is 11. The van der Waals surface area contributed by atoms with Gasteiger partial charge in [-0.1, -0.05) is 124 Å². The van der Waals surface area contributed by atoms with Crippen LogP contribution < -0.4 is 10.6 Å². The number of rotatable bonds is 16. The SMILES string of the molecule is C=CCOC(=O)C(NC(=O)OCC1c2ccccc2-c2ccccc21)[C@H](C)CC(=O)OC(C)(C)C.C[C@H](CC(=O)OC(C)(C)C)C(NC(=O)OCC1c2ccccc2-c2ccccc21)C(=O)O. The Hall–Kier alpha value is -6.96. The van der Waals surface area contributed by atoms with Crippen LogP contribution in [0.1, 0.15) is 102 Å². The van der Waals surface area contributed by atoms with E-state index in [0.29, 0.717) is 0 Å². The molecular weight excluding hydrogens is 857 g/mol. The first kappa shape index (κ1) is 51.0. The molecule has 2 unspecified atom stereocenters. The average Bonchev–Trinajstić information content (AvgIpc) is 3.75. The van der Waals surface area contributed by atoms with Gasteiger partial charge in [-0.2, -0.15) is 0 Å². The fourth-order valence-corrected chi connectivity index (χ4v) is 8.17. The van der Waals surface area contributed by atoms with Crippen molar-refractivity contribution >= 4 is 36.1 Å². The molecule has 2 aliphatic rings. The average molecular weight is 919 g/mol. The number of ether oxygens (including phenoxy) is 5. The lowest BCUT2D eigenvalue weighted by atomic mass is 9.98. The highest BCUT2D eigenvalue weighted by atomic mass is 16.6. The number of carbonyl (C=O) groups excluding carboxylic acids is 5. The Bertz CT molecular complexity index is 2340. The van der Waals surface area contributed by atoms with Crippen LogP contribution in [0.5, 0.6) is 0 Å². The summed E-state index contributed by atoms with van der Waals surface area (Å²) in [6, 6.07) is 29.6. The highest BCUT2D eigenvalue weighted by Crippen LogP contribution is 2.45. The first-order chi connectivity index (χ1) is 31.7. The second-order valence-corrected chi connectivity index (χ2v) is 18.7. The van der Waals surface area contributed by atoms with E-state index in [-0.39, 0.29) is 44.5 Å². The number of benzene rings is 4. The Kier molecular flexibility index (Phi) is 17.1. The maximum Gasteiger partial charge on any atom is 0.407 e. The molecule has 0 spiro atoms. The van der Waals surface area contributed by atoms with Crippen LogP contribution in [0.3, 0.4) is 0 Å². The summed E-state index contributed by atoms with van der Waals surface area (Å²) in [5.74, 6) is -4.41. The molecule has 0 radical (unpaired) electrons. The molecule has 14 nitrogen and oxygen atoms in total. The molecule has 0 fully saturated rings. The zero-order valence-corrected chi connectivity index (χ0v) is 39.5. The number of nitrogens with one attached hydrogen (secondary N) is 2. The van der Waals surface area contributed by atoms with E-state index < -0.39 is 71.2 Å². The largest absolute Gasteiger partial charge is 0.480 e. The molecule has 67 heavy (non-hydrogen) atoms. The van der Waals surface area contributed by atoms with Crippen molar-refractivity contribution in [1.82, 2.24) is 10.6 Å². The number of fused-ring (bicyclic) bond motifs is 6. The van der Waals surface area contributed by atoms with Crippen LogP contribution in [-0.4, -0.2) is 84.3 Å². The normalized spacial score (nSPS) is 14.4. The molecule has 0 bridgehead atoms. The molecule has 356 valence electrons. The van der Waals surface area contributed by atoms with Gasteiger partial charge in [-0.05, 0) is 97.9 Å².